The smallest absolute Gasteiger partial charge is 0.162 e. The molecule has 0 aliphatic rings. The van der Waals surface area contributed by atoms with Crippen molar-refractivity contribution >= 4 is 0 Å². The number of nitrogens with one attached hydrogen (secondary N) is 1. The highest BCUT2D eigenvalue weighted by atomic mass is 19.1. The molecule has 0 saturated heterocycles. The van der Waals surface area contributed by atoms with Gasteiger partial charge < -0.3 is 0 Å². The Hall–Kier alpha value is -1.45. The Balaban J connectivity index is 2.85. The average Bonchev–Trinajstić information content (AvgIpc) is 2.64. The van der Waals surface area contributed by atoms with Crippen molar-refractivity contribution in [3.8, 4) is 0 Å². The molecule has 1 rings (SSSR count). The Morgan fingerprint density at radius 1 is 1.31 bits per heavy atom. The fourth-order valence-corrected chi connectivity index (χ4v) is 0.883. The van der Waals surface area contributed by atoms with Gasteiger partial charge in [0.2, 0.25) is 0 Å². The number of aromatic nitrogens is 2. The molecule has 0 saturated carbocycles. The summed E-state index contributed by atoms with van der Waals surface area (Å²) in [5.74, 6) is 0. The third kappa shape index (κ3) is 2.02. The van der Waals surface area contributed by atoms with Crippen molar-refractivity contribution in [2.45, 2.75) is 12.3 Å². The maximum Gasteiger partial charge on any atom is 0.162 e. The van der Waals surface area contributed by atoms with Gasteiger partial charge in [-0.3, -0.25) is 5.10 Å². The fraction of sp³-hybridized carbons (Fsp3) is 0.222. The Kier molecular flexibility index (Phi) is 2.95. The molecule has 70 valence electrons. The summed E-state index contributed by atoms with van der Waals surface area (Å²) < 4.78 is 25.8. The minimum absolute atomic E-state index is 0.134. The fourth-order valence-electron chi connectivity index (χ4n) is 0.883. The van der Waals surface area contributed by atoms with Crippen LogP contribution in [0.25, 0.3) is 0 Å². The summed E-state index contributed by atoms with van der Waals surface area (Å²) >= 11 is 0. The number of aromatic amines is 1. The second-order valence-electron chi connectivity index (χ2n) is 2.52. The van der Waals surface area contributed by atoms with Gasteiger partial charge in [0.1, 0.15) is 5.69 Å². The lowest BCUT2D eigenvalue weighted by atomic mass is 10.2. The summed E-state index contributed by atoms with van der Waals surface area (Å²) in [6.45, 7) is 6.54. The van der Waals surface area contributed by atoms with Crippen LogP contribution in [0.15, 0.2) is 31.4 Å². The molecule has 1 aromatic heterocycles. The molecule has 1 aromatic rings. The maximum atomic E-state index is 12.9. The van der Waals surface area contributed by atoms with Crippen LogP contribution in [-0.2, 0) is 0 Å². The molecular formula is C9H10F2N2. The van der Waals surface area contributed by atoms with Crippen LogP contribution in [0.2, 0.25) is 0 Å². The first-order chi connectivity index (χ1) is 6.19. The van der Waals surface area contributed by atoms with E-state index in [2.05, 4.69) is 23.4 Å². The number of hydrogen-bond acceptors (Lipinski definition) is 1. The highest BCUT2D eigenvalue weighted by Gasteiger charge is 2.13. The van der Waals surface area contributed by atoms with Crippen LogP contribution in [-0.4, -0.2) is 10.2 Å². The molecule has 0 aromatic carbocycles. The number of allylic oxidation sites excluding steroid dienone is 2. The normalized spacial score (nSPS) is 14.9. The highest BCUT2D eigenvalue weighted by Crippen LogP contribution is 2.21. The molecule has 0 fully saturated rings. The van der Waals surface area contributed by atoms with E-state index in [-0.39, 0.29) is 11.4 Å². The van der Waals surface area contributed by atoms with Crippen molar-refractivity contribution in [2.24, 2.45) is 0 Å². The molecule has 0 amide bonds. The van der Waals surface area contributed by atoms with E-state index in [1.807, 2.05) is 0 Å². The SMILES string of the molecule is C=CC(F)c1cc(C(F)C=C)[nH]n1. The van der Waals surface area contributed by atoms with Gasteiger partial charge in [0.05, 0.1) is 5.69 Å². The van der Waals surface area contributed by atoms with Gasteiger partial charge in [-0.15, -0.1) is 0 Å². The van der Waals surface area contributed by atoms with Crippen LogP contribution in [0.1, 0.15) is 23.7 Å². The van der Waals surface area contributed by atoms with E-state index in [0.717, 1.165) is 12.2 Å². The molecule has 0 spiro atoms. The Labute approximate surface area is 75.0 Å². The number of rotatable bonds is 4. The first kappa shape index (κ1) is 9.64. The first-order valence-corrected chi connectivity index (χ1v) is 3.77. The van der Waals surface area contributed by atoms with E-state index in [0.29, 0.717) is 0 Å². The van der Waals surface area contributed by atoms with E-state index in [1.165, 1.54) is 6.07 Å². The molecule has 0 bridgehead atoms. The van der Waals surface area contributed by atoms with Crippen LogP contribution >= 0.6 is 0 Å². The number of nitrogens with zero attached hydrogens (tertiary/aromatic N) is 1. The largest absolute Gasteiger partial charge is 0.279 e. The van der Waals surface area contributed by atoms with E-state index in [4.69, 9.17) is 0 Å². The molecule has 0 aliphatic heterocycles. The van der Waals surface area contributed by atoms with E-state index in [9.17, 15) is 8.78 Å². The van der Waals surface area contributed by atoms with Gasteiger partial charge in [-0.1, -0.05) is 25.3 Å². The molecule has 2 nitrogen and oxygen atoms in total. The predicted molar refractivity (Wildman–Crippen MR) is 46.7 cm³/mol. The Morgan fingerprint density at radius 3 is 2.46 bits per heavy atom. The molecular weight excluding hydrogens is 174 g/mol. The summed E-state index contributed by atoms with van der Waals surface area (Å²) in [4.78, 5) is 0. The van der Waals surface area contributed by atoms with Gasteiger partial charge in [0.25, 0.3) is 0 Å². The number of H-pyrrole nitrogens is 1. The lowest BCUT2D eigenvalue weighted by Crippen LogP contribution is -1.85. The van der Waals surface area contributed by atoms with Gasteiger partial charge >= 0.3 is 0 Å². The third-order valence-electron chi connectivity index (χ3n) is 1.61. The zero-order chi connectivity index (χ0) is 9.84. The maximum absolute atomic E-state index is 12.9. The topological polar surface area (TPSA) is 28.7 Å². The van der Waals surface area contributed by atoms with E-state index < -0.39 is 12.3 Å². The molecule has 13 heavy (non-hydrogen) atoms. The van der Waals surface area contributed by atoms with Crippen LogP contribution in [0.5, 0.6) is 0 Å². The number of alkyl halides is 2. The van der Waals surface area contributed by atoms with Crippen LogP contribution in [0.3, 0.4) is 0 Å². The van der Waals surface area contributed by atoms with E-state index in [1.54, 1.807) is 0 Å². The Morgan fingerprint density at radius 2 is 1.92 bits per heavy atom. The van der Waals surface area contributed by atoms with Crippen molar-refractivity contribution in [3.63, 3.8) is 0 Å². The molecule has 2 atom stereocenters. The average molecular weight is 184 g/mol. The first-order valence-electron chi connectivity index (χ1n) is 3.77. The van der Waals surface area contributed by atoms with Crippen molar-refractivity contribution in [1.29, 1.82) is 0 Å². The molecule has 0 radical (unpaired) electrons. The summed E-state index contributed by atoms with van der Waals surface area (Å²) in [6, 6.07) is 1.32. The monoisotopic (exact) mass is 184 g/mol. The quantitative estimate of drug-likeness (QED) is 0.716. The second kappa shape index (κ2) is 3.98. The summed E-state index contributed by atoms with van der Waals surface area (Å²) in [7, 11) is 0. The van der Waals surface area contributed by atoms with Crippen molar-refractivity contribution in [1.82, 2.24) is 10.2 Å². The van der Waals surface area contributed by atoms with Crippen molar-refractivity contribution < 1.29 is 8.78 Å². The third-order valence-corrected chi connectivity index (χ3v) is 1.61. The van der Waals surface area contributed by atoms with Gasteiger partial charge in [0, 0.05) is 0 Å². The molecule has 1 heterocycles. The minimum atomic E-state index is -1.36. The van der Waals surface area contributed by atoms with Crippen LogP contribution in [0.4, 0.5) is 8.78 Å². The lowest BCUT2D eigenvalue weighted by molar-refractivity contribution is 0.405. The summed E-state index contributed by atoms with van der Waals surface area (Å²) in [5, 5.41) is 5.98. The van der Waals surface area contributed by atoms with Crippen LogP contribution < -0.4 is 0 Å². The molecule has 2 unspecified atom stereocenters. The summed E-state index contributed by atoms with van der Waals surface area (Å²) in [6.07, 6.45) is -0.486. The lowest BCUT2D eigenvalue weighted by Gasteiger charge is -1.95. The van der Waals surface area contributed by atoms with E-state index >= 15 is 0 Å². The molecule has 0 aliphatic carbocycles. The molecule has 4 heteroatoms. The Bertz CT molecular complexity index is 278. The summed E-state index contributed by atoms with van der Waals surface area (Å²) in [5.41, 5.74) is 0.337. The van der Waals surface area contributed by atoms with Crippen molar-refractivity contribution in [3.05, 3.63) is 42.8 Å². The van der Waals surface area contributed by atoms with Gasteiger partial charge in [-0.25, -0.2) is 8.78 Å². The number of halogens is 2. The zero-order valence-electron chi connectivity index (χ0n) is 7.00. The minimum Gasteiger partial charge on any atom is -0.279 e. The zero-order valence-corrected chi connectivity index (χ0v) is 7.00. The van der Waals surface area contributed by atoms with Gasteiger partial charge in [-0.2, -0.15) is 5.10 Å². The highest BCUT2D eigenvalue weighted by molar-refractivity contribution is 5.18. The molecule has 1 N–H and O–H groups in total. The predicted octanol–water partition coefficient (Wildman–Crippen LogP) is 2.80. The van der Waals surface area contributed by atoms with Gasteiger partial charge in [-0.05, 0) is 6.07 Å². The second-order valence-corrected chi connectivity index (χ2v) is 2.52. The standard InChI is InChI=1S/C9H10F2N2/c1-3-6(10)8-5-9(13-12-8)7(11)4-2/h3-7H,1-2H2,(H,12,13). The van der Waals surface area contributed by atoms with Gasteiger partial charge in [0.15, 0.2) is 12.3 Å². The number of hydrogen-bond donors (Lipinski definition) is 1. The van der Waals surface area contributed by atoms with Crippen molar-refractivity contribution in [2.75, 3.05) is 0 Å². The van der Waals surface area contributed by atoms with Crippen LogP contribution in [0, 0.1) is 0 Å².